The Bertz CT molecular complexity index is 364. The van der Waals surface area contributed by atoms with E-state index in [1.54, 1.807) is 19.1 Å². The molecular formula is C10H11Cl3GeO2. The van der Waals surface area contributed by atoms with E-state index in [-0.39, 0.29) is 0 Å². The van der Waals surface area contributed by atoms with E-state index in [4.69, 9.17) is 35.1 Å². The number of carboxylic acids is 1. The number of carboxylic acid groups (broad SMARTS) is 1. The molecule has 2 atom stereocenters. The molecule has 0 fully saturated rings. The maximum absolute atomic E-state index is 11.0. The summed E-state index contributed by atoms with van der Waals surface area (Å²) in [4.78, 5) is 11.0. The van der Waals surface area contributed by atoms with E-state index in [9.17, 15) is 4.79 Å². The fourth-order valence-corrected chi connectivity index (χ4v) is 9.16. The average molecular weight is 342 g/mol. The molecule has 0 amide bonds. The molecule has 0 aliphatic carbocycles. The van der Waals surface area contributed by atoms with E-state index >= 15 is 0 Å². The molecule has 16 heavy (non-hydrogen) atoms. The number of aliphatic carboxylic acids is 1. The fourth-order valence-electron chi connectivity index (χ4n) is 1.56. The van der Waals surface area contributed by atoms with Gasteiger partial charge in [-0.25, -0.2) is 0 Å². The average Bonchev–Trinajstić information content (AvgIpc) is 2.17. The van der Waals surface area contributed by atoms with Crippen LogP contribution in [0.25, 0.3) is 0 Å². The molecular weight excluding hydrogens is 331 g/mol. The van der Waals surface area contributed by atoms with Gasteiger partial charge in [0.2, 0.25) is 0 Å². The van der Waals surface area contributed by atoms with Gasteiger partial charge in [-0.3, -0.25) is 0 Å². The van der Waals surface area contributed by atoms with E-state index in [0.29, 0.717) is 0 Å². The number of halogens is 3. The minimum atomic E-state index is -3.63. The Hall–Kier alpha value is 0.103. The zero-order valence-corrected chi connectivity index (χ0v) is 12.9. The first-order valence-corrected chi connectivity index (χ1v) is 14.2. The summed E-state index contributed by atoms with van der Waals surface area (Å²) in [5.41, 5.74) is 0.789. The molecule has 1 aromatic carbocycles. The Labute approximate surface area is 109 Å². The van der Waals surface area contributed by atoms with Crippen LogP contribution in [0.15, 0.2) is 30.3 Å². The van der Waals surface area contributed by atoms with Crippen LogP contribution in [-0.2, 0) is 4.79 Å². The zero-order valence-electron chi connectivity index (χ0n) is 8.53. The molecule has 0 spiro atoms. The molecule has 0 aromatic heterocycles. The van der Waals surface area contributed by atoms with Crippen molar-refractivity contribution < 1.29 is 9.90 Å². The van der Waals surface area contributed by atoms with E-state index < -0.39 is 27.1 Å². The van der Waals surface area contributed by atoms with E-state index in [2.05, 4.69) is 0 Å². The predicted octanol–water partition coefficient (Wildman–Crippen LogP) is 3.69. The second-order valence-electron chi connectivity index (χ2n) is 3.56. The minimum absolute atomic E-state index is 0.483. The summed E-state index contributed by atoms with van der Waals surface area (Å²) in [7, 11) is 14.4. The Morgan fingerprint density at radius 3 is 2.12 bits per heavy atom. The Morgan fingerprint density at radius 2 is 1.75 bits per heavy atom. The van der Waals surface area contributed by atoms with Crippen molar-refractivity contribution in [1.29, 1.82) is 0 Å². The van der Waals surface area contributed by atoms with Gasteiger partial charge in [0, 0.05) is 0 Å². The molecule has 6 heteroatoms. The zero-order chi connectivity index (χ0) is 12.3. The van der Waals surface area contributed by atoms with Crippen molar-refractivity contribution in [2.45, 2.75) is 11.7 Å². The summed E-state index contributed by atoms with van der Waals surface area (Å²) < 4.78 is -0.483. The van der Waals surface area contributed by atoms with Crippen LogP contribution in [-0.4, -0.2) is 21.6 Å². The molecule has 0 radical (unpaired) electrons. The van der Waals surface area contributed by atoms with Crippen molar-refractivity contribution in [2.75, 3.05) is 0 Å². The van der Waals surface area contributed by atoms with Crippen LogP contribution in [0, 0.1) is 5.92 Å². The van der Waals surface area contributed by atoms with E-state index in [1.807, 2.05) is 18.2 Å². The van der Waals surface area contributed by atoms with Gasteiger partial charge in [-0.1, -0.05) is 0 Å². The first kappa shape index (κ1) is 14.2. The first-order valence-electron chi connectivity index (χ1n) is 4.68. The van der Waals surface area contributed by atoms with Gasteiger partial charge in [-0.2, -0.15) is 0 Å². The molecule has 1 rings (SSSR count). The van der Waals surface area contributed by atoms with Crippen LogP contribution in [0.1, 0.15) is 17.2 Å². The number of hydrogen-bond acceptors (Lipinski definition) is 1. The topological polar surface area (TPSA) is 37.3 Å². The van der Waals surface area contributed by atoms with E-state index in [0.717, 1.165) is 5.56 Å². The Kier molecular flexibility index (Phi) is 4.98. The van der Waals surface area contributed by atoms with Crippen molar-refractivity contribution in [3.63, 3.8) is 0 Å². The summed E-state index contributed by atoms with van der Waals surface area (Å²) in [6.07, 6.45) is 0. The van der Waals surface area contributed by atoms with Crippen LogP contribution < -0.4 is 0 Å². The maximum atomic E-state index is 11.0. The van der Waals surface area contributed by atoms with Crippen molar-refractivity contribution in [3.05, 3.63) is 35.9 Å². The van der Waals surface area contributed by atoms with Gasteiger partial charge in [0.05, 0.1) is 0 Å². The second-order valence-corrected chi connectivity index (χ2v) is 19.4. The Balaban J connectivity index is 3.12. The van der Waals surface area contributed by atoms with Crippen LogP contribution >= 0.6 is 30.0 Å². The third-order valence-corrected chi connectivity index (χ3v) is 9.29. The molecule has 0 bridgehead atoms. The van der Waals surface area contributed by atoms with Gasteiger partial charge >= 0.3 is 110 Å². The van der Waals surface area contributed by atoms with Crippen molar-refractivity contribution >= 4 is 46.5 Å². The standard InChI is InChI=1S/C10H11Cl3GeO2/c1-7(10(15)16)9(14(11,12)13)8-5-3-2-4-6-8/h2-7,9H,1H3,(H,15,16). The predicted molar refractivity (Wildman–Crippen MR) is 69.3 cm³/mol. The number of rotatable bonds is 4. The quantitative estimate of drug-likeness (QED) is 0.848. The molecule has 0 heterocycles. The Morgan fingerprint density at radius 1 is 1.25 bits per heavy atom. The normalized spacial score (nSPS) is 15.5. The molecule has 2 nitrogen and oxygen atoms in total. The van der Waals surface area contributed by atoms with Gasteiger partial charge in [0.1, 0.15) is 0 Å². The molecule has 1 aromatic rings. The molecule has 0 aliphatic heterocycles. The number of hydrogen-bond donors (Lipinski definition) is 1. The second kappa shape index (κ2) is 5.63. The summed E-state index contributed by atoms with van der Waals surface area (Å²) in [6.45, 7) is 1.58. The summed E-state index contributed by atoms with van der Waals surface area (Å²) in [5.74, 6) is -1.62. The first-order chi connectivity index (χ1) is 7.34. The van der Waals surface area contributed by atoms with Crippen LogP contribution in [0.5, 0.6) is 0 Å². The monoisotopic (exact) mass is 342 g/mol. The SMILES string of the molecule is CC(C(=O)O)[CH](c1ccccc1)[Ge]([Cl])([Cl])[Cl]. The van der Waals surface area contributed by atoms with E-state index in [1.165, 1.54) is 0 Å². The molecule has 0 saturated heterocycles. The molecule has 0 saturated carbocycles. The van der Waals surface area contributed by atoms with Crippen molar-refractivity contribution in [3.8, 4) is 0 Å². The van der Waals surface area contributed by atoms with Crippen LogP contribution in [0.4, 0.5) is 0 Å². The number of benzene rings is 1. The van der Waals surface area contributed by atoms with Crippen LogP contribution in [0.3, 0.4) is 0 Å². The third kappa shape index (κ3) is 3.55. The van der Waals surface area contributed by atoms with Gasteiger partial charge in [0.25, 0.3) is 0 Å². The summed E-state index contributed by atoms with van der Waals surface area (Å²) >= 11 is 0. The van der Waals surface area contributed by atoms with Crippen molar-refractivity contribution in [2.24, 2.45) is 5.92 Å². The van der Waals surface area contributed by atoms with Gasteiger partial charge in [0.15, 0.2) is 0 Å². The third-order valence-electron chi connectivity index (χ3n) is 2.40. The fraction of sp³-hybridized carbons (Fsp3) is 0.300. The summed E-state index contributed by atoms with van der Waals surface area (Å²) in [6, 6.07) is 9.08. The van der Waals surface area contributed by atoms with Gasteiger partial charge < -0.3 is 0 Å². The van der Waals surface area contributed by atoms with Gasteiger partial charge in [-0.15, -0.1) is 0 Å². The molecule has 0 aliphatic rings. The summed E-state index contributed by atoms with van der Waals surface area (Å²) in [5, 5.41) is 9.03. The van der Waals surface area contributed by atoms with Gasteiger partial charge in [-0.05, 0) is 0 Å². The van der Waals surface area contributed by atoms with Crippen molar-refractivity contribution in [1.82, 2.24) is 0 Å². The molecule has 88 valence electrons. The molecule has 1 N–H and O–H groups in total. The number of carbonyl (C=O) groups is 1. The van der Waals surface area contributed by atoms with Crippen LogP contribution in [0.2, 0.25) is 0 Å². The molecule has 2 unspecified atom stereocenters.